The van der Waals surface area contributed by atoms with Gasteiger partial charge in [-0.25, -0.2) is 4.99 Å². The Hall–Kier alpha value is -1.02. The van der Waals surface area contributed by atoms with Crippen molar-refractivity contribution in [1.29, 1.82) is 0 Å². The van der Waals surface area contributed by atoms with Crippen LogP contribution in [-0.4, -0.2) is 37.9 Å². The first-order valence-electron chi connectivity index (χ1n) is 6.88. The van der Waals surface area contributed by atoms with Crippen LogP contribution in [0.15, 0.2) is 17.1 Å². The Morgan fingerprint density at radius 2 is 1.86 bits per heavy atom. The Bertz CT molecular complexity index is 441. The molecule has 0 saturated carbocycles. The van der Waals surface area contributed by atoms with Crippen LogP contribution in [0.5, 0.6) is 5.75 Å². The fraction of sp³-hybridized carbons (Fsp3) is 0.533. The summed E-state index contributed by atoms with van der Waals surface area (Å²) in [5, 5.41) is 16.1. The largest absolute Gasteiger partial charge is 0.507 e. The van der Waals surface area contributed by atoms with E-state index in [1.165, 1.54) is 0 Å². The number of aliphatic imine (C=N–C) groups is 1. The molecule has 0 heterocycles. The molecular formula is C15H26IN3O2. The number of nitrogens with one attached hydrogen (secondary N) is 2. The van der Waals surface area contributed by atoms with Crippen LogP contribution in [0.4, 0.5) is 0 Å². The lowest BCUT2D eigenvalue weighted by atomic mass is 10.1. The molecule has 1 aromatic carbocycles. The zero-order valence-electron chi connectivity index (χ0n) is 13.2. The van der Waals surface area contributed by atoms with E-state index in [1.807, 2.05) is 32.9 Å². The van der Waals surface area contributed by atoms with Crippen molar-refractivity contribution in [2.45, 2.75) is 27.3 Å². The summed E-state index contributed by atoms with van der Waals surface area (Å²) < 4.78 is 5.00. The number of phenols is 1. The number of rotatable bonds is 6. The minimum atomic E-state index is 0. The fourth-order valence-electron chi connectivity index (χ4n) is 1.92. The van der Waals surface area contributed by atoms with E-state index in [1.54, 1.807) is 7.11 Å². The molecule has 0 unspecified atom stereocenters. The summed E-state index contributed by atoms with van der Waals surface area (Å²) in [6.45, 7) is 8.58. The third kappa shape index (κ3) is 6.99. The first kappa shape index (κ1) is 20.0. The predicted octanol–water partition coefficient (Wildman–Crippen LogP) is 2.33. The van der Waals surface area contributed by atoms with Crippen LogP contribution in [0.2, 0.25) is 0 Å². The highest BCUT2D eigenvalue weighted by atomic mass is 127. The Balaban J connectivity index is 0.00000400. The molecule has 1 aromatic rings. The van der Waals surface area contributed by atoms with Crippen LogP contribution < -0.4 is 10.6 Å². The van der Waals surface area contributed by atoms with Crippen LogP contribution in [0.3, 0.4) is 0 Å². The molecule has 0 amide bonds. The molecule has 0 atom stereocenters. The van der Waals surface area contributed by atoms with Crippen molar-refractivity contribution in [3.8, 4) is 5.75 Å². The van der Waals surface area contributed by atoms with E-state index in [9.17, 15) is 5.11 Å². The number of hydrogen-bond donors (Lipinski definition) is 3. The van der Waals surface area contributed by atoms with Crippen molar-refractivity contribution in [1.82, 2.24) is 10.6 Å². The van der Waals surface area contributed by atoms with Gasteiger partial charge in [0.15, 0.2) is 5.96 Å². The zero-order chi connectivity index (χ0) is 15.0. The van der Waals surface area contributed by atoms with Crippen molar-refractivity contribution >= 4 is 29.9 Å². The van der Waals surface area contributed by atoms with Gasteiger partial charge in [0.25, 0.3) is 0 Å². The van der Waals surface area contributed by atoms with Crippen molar-refractivity contribution in [3.63, 3.8) is 0 Å². The number of guanidine groups is 1. The average molecular weight is 407 g/mol. The Labute approximate surface area is 144 Å². The minimum Gasteiger partial charge on any atom is -0.507 e. The van der Waals surface area contributed by atoms with Crippen LogP contribution in [0, 0.1) is 13.8 Å². The van der Waals surface area contributed by atoms with Crippen molar-refractivity contribution in [3.05, 3.63) is 28.8 Å². The average Bonchev–Trinajstić information content (AvgIpc) is 2.42. The van der Waals surface area contributed by atoms with Gasteiger partial charge in [0.2, 0.25) is 0 Å². The van der Waals surface area contributed by atoms with E-state index in [2.05, 4.69) is 15.6 Å². The molecule has 6 heteroatoms. The van der Waals surface area contributed by atoms with Gasteiger partial charge >= 0.3 is 0 Å². The molecular weight excluding hydrogens is 381 g/mol. The zero-order valence-corrected chi connectivity index (χ0v) is 15.5. The highest BCUT2D eigenvalue weighted by molar-refractivity contribution is 14.0. The standard InChI is InChI=1S/C15H25N3O2.HI/c1-5-16-15(17-6-7-20-4)18-10-13-8-11(2)14(19)12(3)9-13;/h8-9,19H,5-7,10H2,1-4H3,(H2,16,17,18);1H. The van der Waals surface area contributed by atoms with Crippen LogP contribution in [0.1, 0.15) is 23.6 Å². The number of nitrogens with zero attached hydrogens (tertiary/aromatic N) is 1. The van der Waals surface area contributed by atoms with Gasteiger partial charge in [-0.15, -0.1) is 24.0 Å². The fourth-order valence-corrected chi connectivity index (χ4v) is 1.92. The maximum absolute atomic E-state index is 9.76. The third-order valence-corrected chi connectivity index (χ3v) is 2.91. The lowest BCUT2D eigenvalue weighted by Crippen LogP contribution is -2.38. The summed E-state index contributed by atoms with van der Waals surface area (Å²) in [7, 11) is 1.67. The number of benzene rings is 1. The molecule has 0 bridgehead atoms. The Kier molecular flexibility index (Phi) is 10.2. The summed E-state index contributed by atoms with van der Waals surface area (Å²) in [4.78, 5) is 4.52. The van der Waals surface area contributed by atoms with Crippen molar-refractivity contribution < 1.29 is 9.84 Å². The van der Waals surface area contributed by atoms with Crippen LogP contribution >= 0.6 is 24.0 Å². The quantitative estimate of drug-likeness (QED) is 0.293. The number of phenolic OH excluding ortho intramolecular Hbond substituents is 1. The van der Waals surface area contributed by atoms with Crippen LogP contribution in [-0.2, 0) is 11.3 Å². The molecule has 120 valence electrons. The molecule has 0 aliphatic rings. The number of aryl methyl sites for hydroxylation is 2. The lowest BCUT2D eigenvalue weighted by molar-refractivity contribution is 0.203. The first-order chi connectivity index (χ1) is 9.58. The summed E-state index contributed by atoms with van der Waals surface area (Å²) in [6, 6.07) is 3.93. The van der Waals surface area contributed by atoms with Gasteiger partial charge in [-0.3, -0.25) is 0 Å². The third-order valence-electron chi connectivity index (χ3n) is 2.91. The second-order valence-electron chi connectivity index (χ2n) is 4.69. The van der Waals surface area contributed by atoms with Crippen molar-refractivity contribution in [2.24, 2.45) is 4.99 Å². The number of methoxy groups -OCH3 is 1. The van der Waals surface area contributed by atoms with Crippen LogP contribution in [0.25, 0.3) is 0 Å². The topological polar surface area (TPSA) is 65.9 Å². The summed E-state index contributed by atoms with van der Waals surface area (Å²) >= 11 is 0. The number of ether oxygens (including phenoxy) is 1. The molecule has 0 radical (unpaired) electrons. The second kappa shape index (κ2) is 10.7. The van der Waals surface area contributed by atoms with E-state index in [-0.39, 0.29) is 24.0 Å². The maximum Gasteiger partial charge on any atom is 0.191 e. The molecule has 0 spiro atoms. The van der Waals surface area contributed by atoms with Gasteiger partial charge in [0.1, 0.15) is 5.75 Å². The highest BCUT2D eigenvalue weighted by Gasteiger charge is 2.03. The SMILES string of the molecule is CCNC(=NCc1cc(C)c(O)c(C)c1)NCCOC.I. The molecule has 0 fully saturated rings. The molecule has 0 saturated heterocycles. The minimum absolute atomic E-state index is 0. The van der Waals surface area contributed by atoms with E-state index < -0.39 is 0 Å². The van der Waals surface area contributed by atoms with Gasteiger partial charge in [-0.2, -0.15) is 0 Å². The van der Waals surface area contributed by atoms with E-state index in [0.717, 1.165) is 35.7 Å². The molecule has 0 aromatic heterocycles. The monoisotopic (exact) mass is 407 g/mol. The van der Waals surface area contributed by atoms with Gasteiger partial charge in [0, 0.05) is 20.2 Å². The lowest BCUT2D eigenvalue weighted by Gasteiger charge is -2.11. The highest BCUT2D eigenvalue weighted by Crippen LogP contribution is 2.23. The van der Waals surface area contributed by atoms with Gasteiger partial charge in [-0.05, 0) is 37.5 Å². The normalized spacial score (nSPS) is 11.0. The number of hydrogen-bond acceptors (Lipinski definition) is 3. The Morgan fingerprint density at radius 1 is 1.24 bits per heavy atom. The molecule has 0 aliphatic heterocycles. The summed E-state index contributed by atoms with van der Waals surface area (Å²) in [5.41, 5.74) is 2.85. The molecule has 0 aliphatic carbocycles. The maximum atomic E-state index is 9.76. The Morgan fingerprint density at radius 3 is 2.38 bits per heavy atom. The molecule has 1 rings (SSSR count). The smallest absolute Gasteiger partial charge is 0.191 e. The first-order valence-corrected chi connectivity index (χ1v) is 6.88. The van der Waals surface area contributed by atoms with Crippen molar-refractivity contribution in [2.75, 3.05) is 26.8 Å². The molecule has 3 N–H and O–H groups in total. The second-order valence-corrected chi connectivity index (χ2v) is 4.69. The number of aromatic hydroxyl groups is 1. The summed E-state index contributed by atoms with van der Waals surface area (Å²) in [5.74, 6) is 1.13. The van der Waals surface area contributed by atoms with Gasteiger partial charge in [-0.1, -0.05) is 12.1 Å². The van der Waals surface area contributed by atoms with E-state index in [4.69, 9.17) is 4.74 Å². The predicted molar refractivity (Wildman–Crippen MR) is 97.7 cm³/mol. The number of halogens is 1. The molecule has 5 nitrogen and oxygen atoms in total. The summed E-state index contributed by atoms with van der Waals surface area (Å²) in [6.07, 6.45) is 0. The van der Waals surface area contributed by atoms with Gasteiger partial charge < -0.3 is 20.5 Å². The van der Waals surface area contributed by atoms with E-state index in [0.29, 0.717) is 18.9 Å². The van der Waals surface area contributed by atoms with E-state index >= 15 is 0 Å². The molecule has 21 heavy (non-hydrogen) atoms. The van der Waals surface area contributed by atoms with Gasteiger partial charge in [0.05, 0.1) is 13.2 Å².